The van der Waals surface area contributed by atoms with E-state index in [1.165, 1.54) is 12.4 Å². The second kappa shape index (κ2) is 5.84. The van der Waals surface area contributed by atoms with Crippen molar-refractivity contribution >= 4 is 17.5 Å². The quantitative estimate of drug-likeness (QED) is 0.911. The van der Waals surface area contributed by atoms with E-state index in [4.69, 9.17) is 11.6 Å². The van der Waals surface area contributed by atoms with E-state index in [9.17, 15) is 18.0 Å². The fraction of sp³-hybridized carbons (Fsp3) is 0.357. The van der Waals surface area contributed by atoms with Crippen LogP contribution < -0.4 is 5.32 Å². The summed E-state index contributed by atoms with van der Waals surface area (Å²) in [5.41, 5.74) is -1.06. The molecule has 1 aromatic heterocycles. The molecule has 9 heteroatoms. The molecule has 0 aliphatic carbocycles. The van der Waals surface area contributed by atoms with E-state index in [1.54, 1.807) is 4.68 Å². The molecule has 122 valence electrons. The van der Waals surface area contributed by atoms with Crippen molar-refractivity contribution < 1.29 is 18.0 Å². The molecule has 1 atom stereocenters. The summed E-state index contributed by atoms with van der Waals surface area (Å²) in [6.45, 7) is 0.438. The molecule has 1 aromatic carbocycles. The first-order chi connectivity index (χ1) is 10.8. The van der Waals surface area contributed by atoms with E-state index < -0.39 is 17.6 Å². The van der Waals surface area contributed by atoms with E-state index in [1.807, 2.05) is 0 Å². The van der Waals surface area contributed by atoms with Gasteiger partial charge in [0.2, 0.25) is 0 Å². The molecule has 1 aliphatic heterocycles. The van der Waals surface area contributed by atoms with Gasteiger partial charge in [-0.15, -0.1) is 0 Å². The Labute approximate surface area is 134 Å². The van der Waals surface area contributed by atoms with Crippen molar-refractivity contribution in [2.75, 3.05) is 0 Å². The third-order valence-corrected chi connectivity index (χ3v) is 3.85. The van der Waals surface area contributed by atoms with Gasteiger partial charge in [-0.2, -0.15) is 18.3 Å². The number of nitrogens with zero attached hydrogens (tertiary/aromatic N) is 3. The van der Waals surface area contributed by atoms with Crippen LogP contribution in [-0.4, -0.2) is 26.7 Å². The van der Waals surface area contributed by atoms with Crippen molar-refractivity contribution in [3.63, 3.8) is 0 Å². The highest BCUT2D eigenvalue weighted by Gasteiger charge is 2.32. The third-order valence-electron chi connectivity index (χ3n) is 3.63. The highest BCUT2D eigenvalue weighted by molar-refractivity contribution is 6.31. The smallest absolute Gasteiger partial charge is 0.347 e. The molecule has 23 heavy (non-hydrogen) atoms. The molecule has 0 bridgehead atoms. The number of aromatic nitrogens is 3. The van der Waals surface area contributed by atoms with Gasteiger partial charge in [0.25, 0.3) is 5.91 Å². The normalized spacial score (nSPS) is 17.7. The molecule has 0 saturated heterocycles. The zero-order chi connectivity index (χ0) is 16.6. The van der Waals surface area contributed by atoms with Crippen molar-refractivity contribution in [1.29, 1.82) is 0 Å². The number of halogens is 4. The predicted octanol–water partition coefficient (Wildman–Crippen LogP) is 2.70. The summed E-state index contributed by atoms with van der Waals surface area (Å²) in [7, 11) is 0. The minimum atomic E-state index is -4.56. The van der Waals surface area contributed by atoms with Gasteiger partial charge < -0.3 is 5.32 Å². The number of rotatable bonds is 2. The molecule has 0 saturated carbocycles. The summed E-state index contributed by atoms with van der Waals surface area (Å²) < 4.78 is 40.0. The highest BCUT2D eigenvalue weighted by Crippen LogP contribution is 2.32. The molecule has 1 N–H and O–H groups in total. The van der Waals surface area contributed by atoms with Crippen LogP contribution in [0.3, 0.4) is 0 Å². The van der Waals surface area contributed by atoms with Crippen LogP contribution in [0.25, 0.3) is 0 Å². The van der Waals surface area contributed by atoms with Crippen LogP contribution >= 0.6 is 11.6 Å². The Morgan fingerprint density at radius 1 is 1.35 bits per heavy atom. The first kappa shape index (κ1) is 15.8. The highest BCUT2D eigenvalue weighted by atomic mass is 35.5. The second-order valence-electron chi connectivity index (χ2n) is 5.29. The van der Waals surface area contributed by atoms with Crippen molar-refractivity contribution in [3.8, 4) is 0 Å². The summed E-state index contributed by atoms with van der Waals surface area (Å²) >= 11 is 5.69. The van der Waals surface area contributed by atoms with Crippen LogP contribution in [0.15, 0.2) is 24.5 Å². The Morgan fingerprint density at radius 3 is 2.87 bits per heavy atom. The molecule has 1 aliphatic rings. The Hall–Kier alpha value is -2.09. The average Bonchev–Trinajstić information content (AvgIpc) is 2.93. The fourth-order valence-electron chi connectivity index (χ4n) is 2.51. The van der Waals surface area contributed by atoms with E-state index >= 15 is 0 Å². The van der Waals surface area contributed by atoms with Crippen LogP contribution in [0.2, 0.25) is 5.02 Å². The number of amides is 1. The number of hydrogen-bond acceptors (Lipinski definition) is 3. The lowest BCUT2D eigenvalue weighted by molar-refractivity contribution is -0.137. The van der Waals surface area contributed by atoms with Gasteiger partial charge in [-0.1, -0.05) is 11.6 Å². The maximum Gasteiger partial charge on any atom is 0.416 e. The van der Waals surface area contributed by atoms with Crippen LogP contribution in [0.5, 0.6) is 0 Å². The maximum atomic E-state index is 12.8. The number of alkyl halides is 3. The molecule has 0 radical (unpaired) electrons. The van der Waals surface area contributed by atoms with Gasteiger partial charge in [0.15, 0.2) is 0 Å². The topological polar surface area (TPSA) is 59.8 Å². The molecular formula is C14H12ClF3N4O. The van der Waals surface area contributed by atoms with Crippen molar-refractivity contribution in [2.45, 2.75) is 31.6 Å². The molecule has 0 spiro atoms. The van der Waals surface area contributed by atoms with E-state index in [-0.39, 0.29) is 16.6 Å². The first-order valence-corrected chi connectivity index (χ1v) is 7.26. The molecule has 2 heterocycles. The SMILES string of the molecule is O=C(NC1CCc2ncnn2C1)c1cc(Cl)cc(C(F)(F)F)c1. The molecule has 0 fully saturated rings. The second-order valence-corrected chi connectivity index (χ2v) is 5.73. The molecule has 2 aromatic rings. The minimum Gasteiger partial charge on any atom is -0.347 e. The first-order valence-electron chi connectivity index (χ1n) is 6.88. The van der Waals surface area contributed by atoms with Crippen LogP contribution in [-0.2, 0) is 19.1 Å². The zero-order valence-electron chi connectivity index (χ0n) is 11.8. The Morgan fingerprint density at radius 2 is 2.13 bits per heavy atom. The fourth-order valence-corrected chi connectivity index (χ4v) is 2.74. The van der Waals surface area contributed by atoms with Crippen molar-refractivity contribution in [3.05, 3.63) is 46.5 Å². The number of fused-ring (bicyclic) bond motifs is 1. The van der Waals surface area contributed by atoms with E-state index in [0.717, 1.165) is 18.0 Å². The summed E-state index contributed by atoms with van der Waals surface area (Å²) in [5.74, 6) is 0.240. The molecule has 3 rings (SSSR count). The van der Waals surface area contributed by atoms with Gasteiger partial charge in [0, 0.05) is 23.0 Å². The zero-order valence-corrected chi connectivity index (χ0v) is 12.5. The molecule has 5 nitrogen and oxygen atoms in total. The van der Waals surface area contributed by atoms with Gasteiger partial charge in [-0.3, -0.25) is 4.79 Å². The monoisotopic (exact) mass is 344 g/mol. The van der Waals surface area contributed by atoms with E-state index in [0.29, 0.717) is 19.4 Å². The number of aryl methyl sites for hydroxylation is 1. The Kier molecular flexibility index (Phi) is 4.01. The number of hydrogen-bond donors (Lipinski definition) is 1. The summed E-state index contributed by atoms with van der Waals surface area (Å²) in [6, 6.07) is 2.59. The third kappa shape index (κ3) is 3.47. The summed E-state index contributed by atoms with van der Waals surface area (Å²) in [6.07, 6.45) is -1.82. The summed E-state index contributed by atoms with van der Waals surface area (Å²) in [5, 5.41) is 6.62. The number of nitrogens with one attached hydrogen (secondary N) is 1. The van der Waals surface area contributed by atoms with Gasteiger partial charge in [0.05, 0.1) is 12.1 Å². The number of benzene rings is 1. The molecule has 1 amide bonds. The standard InChI is InChI=1S/C14H12ClF3N4O/c15-10-4-8(3-9(5-10)14(16,17)18)13(23)21-11-1-2-12-19-7-20-22(12)6-11/h3-5,7,11H,1-2,6H2,(H,21,23). The molecular weight excluding hydrogens is 333 g/mol. The van der Waals surface area contributed by atoms with Crippen LogP contribution in [0, 0.1) is 0 Å². The van der Waals surface area contributed by atoms with E-state index in [2.05, 4.69) is 15.4 Å². The van der Waals surface area contributed by atoms with Crippen molar-refractivity contribution in [2.24, 2.45) is 0 Å². The number of carbonyl (C=O) groups excluding carboxylic acids is 1. The lowest BCUT2D eigenvalue weighted by Crippen LogP contribution is -2.41. The van der Waals surface area contributed by atoms with Gasteiger partial charge in [-0.25, -0.2) is 9.67 Å². The van der Waals surface area contributed by atoms with Crippen molar-refractivity contribution in [1.82, 2.24) is 20.1 Å². The van der Waals surface area contributed by atoms with Gasteiger partial charge in [0.1, 0.15) is 12.2 Å². The lowest BCUT2D eigenvalue weighted by atomic mass is 10.1. The summed E-state index contributed by atoms with van der Waals surface area (Å²) in [4.78, 5) is 16.3. The van der Waals surface area contributed by atoms with Gasteiger partial charge >= 0.3 is 6.18 Å². The predicted molar refractivity (Wildman–Crippen MR) is 76.1 cm³/mol. The Bertz CT molecular complexity index is 744. The van der Waals surface area contributed by atoms with Gasteiger partial charge in [-0.05, 0) is 24.6 Å². The largest absolute Gasteiger partial charge is 0.416 e. The maximum absolute atomic E-state index is 12.8. The Balaban J connectivity index is 1.75. The number of carbonyl (C=O) groups is 1. The van der Waals surface area contributed by atoms with Crippen LogP contribution in [0.4, 0.5) is 13.2 Å². The minimum absolute atomic E-state index is 0.116. The van der Waals surface area contributed by atoms with Crippen LogP contribution in [0.1, 0.15) is 28.2 Å². The average molecular weight is 345 g/mol. The molecule has 1 unspecified atom stereocenters. The lowest BCUT2D eigenvalue weighted by Gasteiger charge is -2.23.